The number of hydrogen-bond acceptors (Lipinski definition) is 7. The van der Waals surface area contributed by atoms with Crippen molar-refractivity contribution in [2.75, 3.05) is 0 Å². The van der Waals surface area contributed by atoms with Crippen LogP contribution in [0.3, 0.4) is 0 Å². The Labute approximate surface area is 155 Å². The van der Waals surface area contributed by atoms with E-state index >= 15 is 0 Å². The first-order valence-electron chi connectivity index (χ1n) is 9.62. The van der Waals surface area contributed by atoms with E-state index in [1.807, 2.05) is 13.0 Å². The topological polar surface area (TPSA) is 98.5 Å². The van der Waals surface area contributed by atoms with Gasteiger partial charge in [-0.1, -0.05) is 13.8 Å². The Bertz CT molecular complexity index is 849. The van der Waals surface area contributed by atoms with Gasteiger partial charge in [0.2, 0.25) is 0 Å². The quantitative estimate of drug-likeness (QED) is 0.590. The molecule has 1 aromatic heterocycles. The lowest BCUT2D eigenvalue weighted by Gasteiger charge is -2.66. The number of aliphatic hydroxyl groups is 1. The largest absolute Gasteiger partial charge is 0.472 e. The number of cyclic esters (lactones) is 1. The molecule has 7 nitrogen and oxygen atoms in total. The van der Waals surface area contributed by atoms with Crippen LogP contribution in [0, 0.1) is 22.7 Å². The highest BCUT2D eigenvalue weighted by Crippen LogP contribution is 2.72. The Morgan fingerprint density at radius 3 is 2.74 bits per heavy atom. The molecule has 6 fully saturated rings. The van der Waals surface area contributed by atoms with Crippen molar-refractivity contribution in [1.29, 1.82) is 0 Å². The predicted octanol–water partition coefficient (Wildman–Crippen LogP) is 1.74. The summed E-state index contributed by atoms with van der Waals surface area (Å²) in [7, 11) is 0. The summed E-state index contributed by atoms with van der Waals surface area (Å²) >= 11 is 0. The minimum absolute atomic E-state index is 0.169. The summed E-state index contributed by atoms with van der Waals surface area (Å²) in [6, 6.07) is 1.81. The molecule has 2 saturated carbocycles. The van der Waals surface area contributed by atoms with Crippen molar-refractivity contribution < 1.29 is 33.3 Å². The molecule has 4 aliphatic heterocycles. The van der Waals surface area contributed by atoms with Crippen LogP contribution in [0.1, 0.15) is 44.8 Å². The van der Waals surface area contributed by atoms with E-state index in [1.54, 1.807) is 12.5 Å². The summed E-state index contributed by atoms with van der Waals surface area (Å²) in [4.78, 5) is 25.5. The van der Waals surface area contributed by atoms with E-state index in [0.717, 1.165) is 5.56 Å². The second-order valence-corrected chi connectivity index (χ2v) is 9.34. The number of carbonyl (C=O) groups excluding carboxylic acids is 2. The summed E-state index contributed by atoms with van der Waals surface area (Å²) in [5, 5.41) is 11.4. The first kappa shape index (κ1) is 16.1. The van der Waals surface area contributed by atoms with Gasteiger partial charge in [-0.25, -0.2) is 4.79 Å². The number of furan rings is 1. The number of carbonyl (C=O) groups is 2. The van der Waals surface area contributed by atoms with Gasteiger partial charge >= 0.3 is 11.9 Å². The molecule has 0 aromatic carbocycles. The Kier molecular flexibility index (Phi) is 2.73. The zero-order chi connectivity index (χ0) is 18.8. The second-order valence-electron chi connectivity index (χ2n) is 9.34. The molecule has 0 unspecified atom stereocenters. The van der Waals surface area contributed by atoms with E-state index in [9.17, 15) is 14.7 Å². The molecule has 2 bridgehead atoms. The lowest BCUT2D eigenvalue weighted by Crippen LogP contribution is -2.77. The van der Waals surface area contributed by atoms with E-state index < -0.39 is 40.7 Å². The third-order valence-electron chi connectivity index (χ3n) is 8.24. The highest BCUT2D eigenvalue weighted by molar-refractivity contribution is 5.85. The van der Waals surface area contributed by atoms with Crippen LogP contribution in [0.25, 0.3) is 0 Å². The van der Waals surface area contributed by atoms with Crippen molar-refractivity contribution in [2.45, 2.75) is 63.1 Å². The highest BCUT2D eigenvalue weighted by Gasteiger charge is 2.84. The molecule has 144 valence electrons. The van der Waals surface area contributed by atoms with E-state index in [2.05, 4.69) is 6.92 Å². The van der Waals surface area contributed by atoms with E-state index in [0.29, 0.717) is 19.3 Å². The first-order chi connectivity index (χ1) is 12.8. The predicted molar refractivity (Wildman–Crippen MR) is 88.1 cm³/mol. The monoisotopic (exact) mass is 374 g/mol. The number of epoxide rings is 1. The number of rotatable bonds is 1. The van der Waals surface area contributed by atoms with E-state index in [-0.39, 0.29) is 23.9 Å². The fourth-order valence-electron chi connectivity index (χ4n) is 6.93. The smallest absolute Gasteiger partial charge is 0.341 e. The molecular weight excluding hydrogens is 352 g/mol. The first-order valence-corrected chi connectivity index (χ1v) is 9.62. The molecule has 4 saturated heterocycles. The molecular formula is C20H22O7. The summed E-state index contributed by atoms with van der Waals surface area (Å²) in [6.45, 7) is 4.06. The van der Waals surface area contributed by atoms with Gasteiger partial charge in [-0.15, -0.1) is 0 Å². The zero-order valence-electron chi connectivity index (χ0n) is 15.2. The maximum absolute atomic E-state index is 12.9. The van der Waals surface area contributed by atoms with Gasteiger partial charge in [-0.2, -0.15) is 0 Å². The van der Waals surface area contributed by atoms with Gasteiger partial charge in [0.05, 0.1) is 18.4 Å². The number of fused-ring (bicyclic) bond motifs is 2. The van der Waals surface area contributed by atoms with Gasteiger partial charge in [0, 0.05) is 16.9 Å². The summed E-state index contributed by atoms with van der Waals surface area (Å²) < 4.78 is 22.3. The molecule has 5 heterocycles. The SMILES string of the molecule is C[C@@]12C[C@@H](c3ccoc3)OC(=O)[C@@H]1CC[C@]1(C)[C@H]2[C@@H]2OC(=O)[C@@]1(O)[C@H]1O[C@@H]21. The normalized spacial score (nSPS) is 55.1. The molecule has 0 amide bonds. The molecule has 27 heavy (non-hydrogen) atoms. The maximum Gasteiger partial charge on any atom is 0.341 e. The fourth-order valence-corrected chi connectivity index (χ4v) is 6.93. The van der Waals surface area contributed by atoms with Crippen LogP contribution in [-0.4, -0.2) is 41.0 Å². The lowest BCUT2D eigenvalue weighted by atomic mass is 9.41. The summed E-state index contributed by atoms with van der Waals surface area (Å²) in [5.41, 5.74) is -1.97. The third-order valence-corrected chi connectivity index (χ3v) is 8.24. The minimum atomic E-state index is -1.64. The van der Waals surface area contributed by atoms with Crippen molar-refractivity contribution >= 4 is 11.9 Å². The van der Waals surface area contributed by atoms with Crippen LogP contribution < -0.4 is 0 Å². The lowest BCUT2D eigenvalue weighted by molar-refractivity contribution is -0.282. The van der Waals surface area contributed by atoms with Gasteiger partial charge in [0.15, 0.2) is 5.60 Å². The zero-order valence-corrected chi connectivity index (χ0v) is 15.2. The average Bonchev–Trinajstić information content (AvgIpc) is 3.24. The molecule has 1 N–H and O–H groups in total. The summed E-state index contributed by atoms with van der Waals surface area (Å²) in [6.07, 6.45) is 3.34. The van der Waals surface area contributed by atoms with Gasteiger partial charge in [0.25, 0.3) is 0 Å². The Morgan fingerprint density at radius 1 is 1.19 bits per heavy atom. The van der Waals surface area contributed by atoms with Gasteiger partial charge in [-0.3, -0.25) is 4.79 Å². The number of ether oxygens (including phenoxy) is 3. The van der Waals surface area contributed by atoms with Crippen LogP contribution >= 0.6 is 0 Å². The standard InChI is InChI=1S/C20H22O7/c1-18-7-11(9-4-6-24-8-9)25-16(21)10(18)3-5-19(2)14(18)12-13-15(26-13)20(19,23)17(22)27-12/h4,6,8,10-15,23H,3,5,7H2,1-2H3/t10-,11-,12+,13-,14-,15-,18+,19+,20-/m0/s1. The van der Waals surface area contributed by atoms with Gasteiger partial charge < -0.3 is 23.7 Å². The summed E-state index contributed by atoms with van der Waals surface area (Å²) in [5.74, 6) is -1.24. The third kappa shape index (κ3) is 1.63. The van der Waals surface area contributed by atoms with Crippen LogP contribution in [-0.2, 0) is 23.8 Å². The molecule has 2 aliphatic carbocycles. The van der Waals surface area contributed by atoms with Crippen LogP contribution in [0.4, 0.5) is 0 Å². The van der Waals surface area contributed by atoms with E-state index in [4.69, 9.17) is 18.6 Å². The Morgan fingerprint density at radius 2 is 2.00 bits per heavy atom. The van der Waals surface area contributed by atoms with Crippen molar-refractivity contribution in [2.24, 2.45) is 22.7 Å². The van der Waals surface area contributed by atoms with Crippen molar-refractivity contribution in [3.8, 4) is 0 Å². The molecule has 9 atom stereocenters. The van der Waals surface area contributed by atoms with Crippen molar-refractivity contribution in [3.05, 3.63) is 24.2 Å². The van der Waals surface area contributed by atoms with Crippen molar-refractivity contribution in [1.82, 2.24) is 0 Å². The molecule has 6 aliphatic rings. The van der Waals surface area contributed by atoms with Crippen LogP contribution in [0.15, 0.2) is 23.0 Å². The number of esters is 2. The minimum Gasteiger partial charge on any atom is -0.472 e. The second kappa shape index (κ2) is 4.58. The highest BCUT2D eigenvalue weighted by atomic mass is 16.7. The molecule has 0 spiro atoms. The molecule has 0 radical (unpaired) electrons. The Balaban J connectivity index is 1.48. The fraction of sp³-hybridized carbons (Fsp3) is 0.700. The Hall–Kier alpha value is -1.86. The molecule has 7 rings (SSSR count). The van der Waals surface area contributed by atoms with Gasteiger partial charge in [-0.05, 0) is 30.7 Å². The van der Waals surface area contributed by atoms with Crippen LogP contribution in [0.5, 0.6) is 0 Å². The van der Waals surface area contributed by atoms with Gasteiger partial charge in [0.1, 0.15) is 24.4 Å². The van der Waals surface area contributed by atoms with Crippen molar-refractivity contribution in [3.63, 3.8) is 0 Å². The maximum atomic E-state index is 12.9. The number of hydrogen-bond donors (Lipinski definition) is 1. The van der Waals surface area contributed by atoms with E-state index in [1.165, 1.54) is 0 Å². The molecule has 7 heteroatoms. The molecule has 1 aromatic rings. The average molecular weight is 374 g/mol. The van der Waals surface area contributed by atoms with Crippen LogP contribution in [0.2, 0.25) is 0 Å².